The smallest absolute Gasteiger partial charge is 0.337 e. The van der Waals surface area contributed by atoms with Crippen molar-refractivity contribution in [1.82, 2.24) is 5.32 Å². The number of urea groups is 1. The fourth-order valence-electron chi connectivity index (χ4n) is 1.35. The summed E-state index contributed by atoms with van der Waals surface area (Å²) in [5.41, 5.74) is -1.73. The molecule has 0 saturated heterocycles. The summed E-state index contributed by atoms with van der Waals surface area (Å²) in [5.74, 6) is -0.895. The number of ether oxygens (including phenoxy) is 1. The molecule has 0 aliphatic carbocycles. The molecule has 8 heteroatoms. The van der Waals surface area contributed by atoms with E-state index < -0.39 is 24.1 Å². The quantitative estimate of drug-likeness (QED) is 0.639. The zero-order chi connectivity index (χ0) is 16.0. The van der Waals surface area contributed by atoms with Gasteiger partial charge in [0.25, 0.3) is 0 Å². The highest BCUT2D eigenvalue weighted by Gasteiger charge is 2.30. The normalized spacial score (nSPS) is 13.1. The number of amides is 2. The van der Waals surface area contributed by atoms with Crippen LogP contribution in [0.4, 0.5) is 10.5 Å². The number of carboxylic acids is 1. The Hall–Kier alpha value is -1.99. The van der Waals surface area contributed by atoms with Gasteiger partial charge in [0.15, 0.2) is 5.60 Å². The number of nitrogens with one attached hydrogen (secondary N) is 2. The van der Waals surface area contributed by atoms with E-state index in [1.54, 1.807) is 18.2 Å². The van der Waals surface area contributed by atoms with E-state index in [1.807, 2.05) is 6.92 Å². The third-order valence-corrected chi connectivity index (χ3v) is 2.88. The number of carboxylic acid groups (broad SMARTS) is 1. The summed E-state index contributed by atoms with van der Waals surface area (Å²) < 4.78 is 5.28. The van der Waals surface area contributed by atoms with Gasteiger partial charge in [-0.25, -0.2) is 9.59 Å². The minimum absolute atomic E-state index is 0.304. The first-order chi connectivity index (χ1) is 9.76. The molecule has 0 aromatic heterocycles. The minimum Gasteiger partial charge on any atom is -0.494 e. The van der Waals surface area contributed by atoms with Crippen molar-refractivity contribution in [2.45, 2.75) is 19.4 Å². The summed E-state index contributed by atoms with van der Waals surface area (Å²) >= 11 is 5.94. The molecule has 1 unspecified atom stereocenters. The van der Waals surface area contributed by atoms with E-state index in [-0.39, 0.29) is 0 Å². The first-order valence-corrected chi connectivity index (χ1v) is 6.57. The standard InChI is InChI=1S/C13H17ClN2O5/c1-3-21-8-4-5-9(14)10(6-8)16-12(19)15-7-13(2,20)11(17)18/h4-6,20H,3,7H2,1-2H3,(H,17,18)(H2,15,16,19). The molecule has 0 spiro atoms. The molecule has 1 aromatic rings. The average molecular weight is 317 g/mol. The van der Waals surface area contributed by atoms with Crippen LogP contribution in [0.15, 0.2) is 18.2 Å². The molecule has 0 aliphatic heterocycles. The van der Waals surface area contributed by atoms with Gasteiger partial charge in [-0.15, -0.1) is 0 Å². The van der Waals surface area contributed by atoms with Gasteiger partial charge in [-0.1, -0.05) is 11.6 Å². The average Bonchev–Trinajstić information content (AvgIpc) is 2.40. The second-order valence-corrected chi connectivity index (χ2v) is 4.87. The van der Waals surface area contributed by atoms with E-state index in [2.05, 4.69) is 10.6 Å². The lowest BCUT2D eigenvalue weighted by Crippen LogP contribution is -2.47. The lowest BCUT2D eigenvalue weighted by Gasteiger charge is -2.18. The van der Waals surface area contributed by atoms with Gasteiger partial charge < -0.3 is 25.6 Å². The Morgan fingerprint density at radius 1 is 1.43 bits per heavy atom. The van der Waals surface area contributed by atoms with E-state index in [1.165, 1.54) is 0 Å². The fourth-order valence-corrected chi connectivity index (χ4v) is 1.52. The molecule has 0 bridgehead atoms. The van der Waals surface area contributed by atoms with Gasteiger partial charge in [-0.2, -0.15) is 0 Å². The predicted octanol–water partition coefficient (Wildman–Crippen LogP) is 1.70. The molecule has 0 saturated carbocycles. The lowest BCUT2D eigenvalue weighted by molar-refractivity contribution is -0.155. The molecule has 7 nitrogen and oxygen atoms in total. The van der Waals surface area contributed by atoms with E-state index in [9.17, 15) is 14.7 Å². The number of hydrogen-bond donors (Lipinski definition) is 4. The minimum atomic E-state index is -2.05. The lowest BCUT2D eigenvalue weighted by atomic mass is 10.1. The predicted molar refractivity (Wildman–Crippen MR) is 77.9 cm³/mol. The van der Waals surface area contributed by atoms with Crippen LogP contribution in [0.2, 0.25) is 5.02 Å². The second-order valence-electron chi connectivity index (χ2n) is 4.46. The van der Waals surface area contributed by atoms with Crippen molar-refractivity contribution < 1.29 is 24.5 Å². The van der Waals surface area contributed by atoms with Crippen molar-refractivity contribution in [2.24, 2.45) is 0 Å². The van der Waals surface area contributed by atoms with Crippen LogP contribution in [0.3, 0.4) is 0 Å². The van der Waals surface area contributed by atoms with Gasteiger partial charge in [0.05, 0.1) is 23.9 Å². The van der Waals surface area contributed by atoms with E-state index in [0.717, 1.165) is 6.92 Å². The first kappa shape index (κ1) is 17.1. The Morgan fingerprint density at radius 3 is 2.67 bits per heavy atom. The maximum Gasteiger partial charge on any atom is 0.337 e. The maximum atomic E-state index is 11.7. The molecule has 0 heterocycles. The molecule has 0 aliphatic rings. The topological polar surface area (TPSA) is 108 Å². The number of halogens is 1. The largest absolute Gasteiger partial charge is 0.494 e. The number of benzene rings is 1. The van der Waals surface area contributed by atoms with Crippen molar-refractivity contribution in [3.63, 3.8) is 0 Å². The Balaban J connectivity index is 2.66. The van der Waals surface area contributed by atoms with Gasteiger partial charge in [0, 0.05) is 6.07 Å². The van der Waals surface area contributed by atoms with Crippen LogP contribution in [0, 0.1) is 0 Å². The fraction of sp³-hybridized carbons (Fsp3) is 0.385. The van der Waals surface area contributed by atoms with Gasteiger partial charge in [-0.3, -0.25) is 0 Å². The third-order valence-electron chi connectivity index (χ3n) is 2.55. The molecule has 116 valence electrons. The Morgan fingerprint density at radius 2 is 2.10 bits per heavy atom. The van der Waals surface area contributed by atoms with Crippen molar-refractivity contribution >= 4 is 29.3 Å². The highest BCUT2D eigenvalue weighted by Crippen LogP contribution is 2.26. The summed E-state index contributed by atoms with van der Waals surface area (Å²) in [5, 5.41) is 23.2. The zero-order valence-corrected chi connectivity index (χ0v) is 12.4. The van der Waals surface area contributed by atoms with Crippen LogP contribution in [-0.2, 0) is 4.79 Å². The number of aliphatic hydroxyl groups is 1. The van der Waals surface area contributed by atoms with E-state index in [0.29, 0.717) is 23.1 Å². The highest BCUT2D eigenvalue weighted by atomic mass is 35.5. The number of hydrogen-bond acceptors (Lipinski definition) is 4. The molecule has 0 radical (unpaired) electrons. The van der Waals surface area contributed by atoms with Crippen LogP contribution >= 0.6 is 11.6 Å². The van der Waals surface area contributed by atoms with Gasteiger partial charge >= 0.3 is 12.0 Å². The Bertz CT molecular complexity index is 533. The van der Waals surface area contributed by atoms with E-state index in [4.69, 9.17) is 21.4 Å². The van der Waals surface area contributed by atoms with E-state index >= 15 is 0 Å². The number of aliphatic carboxylic acids is 1. The van der Waals surface area contributed by atoms with Gasteiger partial charge in [-0.05, 0) is 26.0 Å². The second kappa shape index (κ2) is 7.14. The third kappa shape index (κ3) is 5.13. The van der Waals surface area contributed by atoms with Gasteiger partial charge in [0.2, 0.25) is 0 Å². The van der Waals surface area contributed by atoms with Crippen LogP contribution in [0.5, 0.6) is 5.75 Å². The van der Waals surface area contributed by atoms with Crippen molar-refractivity contribution in [1.29, 1.82) is 0 Å². The molecule has 2 amide bonds. The summed E-state index contributed by atoms with van der Waals surface area (Å²) in [4.78, 5) is 22.4. The summed E-state index contributed by atoms with van der Waals surface area (Å²) in [6.07, 6.45) is 0. The molecular weight excluding hydrogens is 300 g/mol. The SMILES string of the molecule is CCOc1ccc(Cl)c(NC(=O)NCC(C)(O)C(=O)O)c1. The summed E-state index contributed by atoms with van der Waals surface area (Å²) in [6, 6.07) is 4.08. The first-order valence-electron chi connectivity index (χ1n) is 6.19. The van der Waals surface area contributed by atoms with Gasteiger partial charge in [0.1, 0.15) is 5.75 Å². The molecule has 1 aromatic carbocycles. The van der Waals surface area contributed by atoms with Crippen LogP contribution in [0.1, 0.15) is 13.8 Å². The maximum absolute atomic E-state index is 11.7. The van der Waals surface area contributed by atoms with Crippen molar-refractivity contribution in [3.05, 3.63) is 23.2 Å². The van der Waals surface area contributed by atoms with Crippen LogP contribution in [0.25, 0.3) is 0 Å². The van der Waals surface area contributed by atoms with Crippen LogP contribution in [-0.4, -0.2) is 41.0 Å². The number of carbonyl (C=O) groups excluding carboxylic acids is 1. The molecule has 4 N–H and O–H groups in total. The molecular formula is C13H17ClN2O5. The number of anilines is 1. The highest BCUT2D eigenvalue weighted by molar-refractivity contribution is 6.33. The van der Waals surface area contributed by atoms with Crippen molar-refractivity contribution in [3.8, 4) is 5.75 Å². The number of rotatable bonds is 6. The summed E-state index contributed by atoms with van der Waals surface area (Å²) in [7, 11) is 0. The Labute approximate surface area is 126 Å². The molecule has 1 rings (SSSR count). The Kier molecular flexibility index (Phi) is 5.80. The summed E-state index contributed by atoms with van der Waals surface area (Å²) in [6.45, 7) is 2.92. The molecule has 1 atom stereocenters. The van der Waals surface area contributed by atoms with Crippen LogP contribution < -0.4 is 15.4 Å². The number of carbonyl (C=O) groups is 2. The molecule has 0 fully saturated rings. The molecule has 21 heavy (non-hydrogen) atoms. The zero-order valence-electron chi connectivity index (χ0n) is 11.6. The van der Waals surface area contributed by atoms with Crippen molar-refractivity contribution in [2.75, 3.05) is 18.5 Å². The monoisotopic (exact) mass is 316 g/mol.